The zero-order chi connectivity index (χ0) is 59.9. The zero-order valence-electron chi connectivity index (χ0n) is 53.9. The first kappa shape index (κ1) is 78.3. The van der Waals surface area contributed by atoms with Gasteiger partial charge in [0.05, 0.1) is 0 Å². The van der Waals surface area contributed by atoms with Crippen LogP contribution in [0.1, 0.15) is 303 Å². The van der Waals surface area contributed by atoms with E-state index in [-0.39, 0.29) is 31.1 Å². The number of carbonyl (C=O) groups is 3. The molecule has 1 atom stereocenters. The number of unbranched alkanes of at least 4 members (excludes halogenated alkanes) is 26. The number of hydrogen-bond donors (Lipinski definition) is 0. The lowest BCUT2D eigenvalue weighted by Crippen LogP contribution is -2.30. The summed E-state index contributed by atoms with van der Waals surface area (Å²) < 4.78 is 17.0. The Morgan fingerprint density at radius 2 is 0.470 bits per heavy atom. The average molecular weight is 1150 g/mol. The monoisotopic (exact) mass is 1150 g/mol. The number of carbonyl (C=O) groups excluding carboxylic acids is 3. The van der Waals surface area contributed by atoms with Crippen LogP contribution in [0.2, 0.25) is 0 Å². The normalized spacial score (nSPS) is 13.0. The van der Waals surface area contributed by atoms with Crippen LogP contribution in [0, 0.1) is 0 Å². The summed E-state index contributed by atoms with van der Waals surface area (Å²) in [5.41, 5.74) is 0. The van der Waals surface area contributed by atoms with Crippen LogP contribution >= 0.6 is 0 Å². The number of esters is 3. The molecule has 83 heavy (non-hydrogen) atoms. The van der Waals surface area contributed by atoms with E-state index >= 15 is 0 Å². The Bertz CT molecular complexity index is 1800. The summed E-state index contributed by atoms with van der Waals surface area (Å²) in [5, 5.41) is 0. The van der Waals surface area contributed by atoms with Gasteiger partial charge >= 0.3 is 17.9 Å². The van der Waals surface area contributed by atoms with Crippen molar-refractivity contribution in [3.63, 3.8) is 0 Å². The number of allylic oxidation sites excluding steroid dienone is 24. The van der Waals surface area contributed by atoms with Crippen LogP contribution in [0.5, 0.6) is 0 Å². The topological polar surface area (TPSA) is 78.9 Å². The molecule has 6 nitrogen and oxygen atoms in total. The highest BCUT2D eigenvalue weighted by atomic mass is 16.6. The van der Waals surface area contributed by atoms with Gasteiger partial charge in [-0.1, -0.05) is 289 Å². The molecular weight excluding hydrogens is 1020 g/mol. The van der Waals surface area contributed by atoms with Crippen molar-refractivity contribution in [3.05, 3.63) is 146 Å². The third-order valence-electron chi connectivity index (χ3n) is 14.3. The van der Waals surface area contributed by atoms with Gasteiger partial charge in [-0.05, 0) is 141 Å². The summed E-state index contributed by atoms with van der Waals surface area (Å²) in [6.07, 6.45) is 99.9. The van der Waals surface area contributed by atoms with Crippen LogP contribution in [0.15, 0.2) is 146 Å². The Kier molecular flexibility index (Phi) is 65.8. The van der Waals surface area contributed by atoms with Gasteiger partial charge < -0.3 is 14.2 Å². The summed E-state index contributed by atoms with van der Waals surface area (Å²) >= 11 is 0. The molecule has 0 radical (unpaired) electrons. The number of ether oxygens (including phenoxy) is 3. The lowest BCUT2D eigenvalue weighted by atomic mass is 10.1. The van der Waals surface area contributed by atoms with Gasteiger partial charge in [0.25, 0.3) is 0 Å². The Labute approximate surface area is 512 Å². The second-order valence-corrected chi connectivity index (χ2v) is 22.3. The van der Waals surface area contributed by atoms with Crippen LogP contribution in [0.4, 0.5) is 0 Å². The van der Waals surface area contributed by atoms with Gasteiger partial charge in [0.15, 0.2) is 6.10 Å². The summed E-state index contributed by atoms with van der Waals surface area (Å²) in [6, 6.07) is 0. The summed E-state index contributed by atoms with van der Waals surface area (Å²) in [7, 11) is 0. The van der Waals surface area contributed by atoms with E-state index in [2.05, 4.69) is 167 Å². The Balaban J connectivity index is 4.49. The van der Waals surface area contributed by atoms with Crippen LogP contribution in [0.3, 0.4) is 0 Å². The molecule has 0 saturated carbocycles. The molecule has 0 aliphatic rings. The molecule has 0 aromatic rings. The quantitative estimate of drug-likeness (QED) is 0.0261. The van der Waals surface area contributed by atoms with Gasteiger partial charge in [-0.25, -0.2) is 0 Å². The summed E-state index contributed by atoms with van der Waals surface area (Å²) in [5.74, 6) is -0.937. The first-order valence-corrected chi connectivity index (χ1v) is 34.3. The van der Waals surface area contributed by atoms with Crippen LogP contribution in [-0.4, -0.2) is 37.2 Å². The number of rotatable bonds is 61. The molecule has 0 rings (SSSR count). The van der Waals surface area contributed by atoms with E-state index in [0.29, 0.717) is 19.3 Å². The minimum Gasteiger partial charge on any atom is -0.462 e. The van der Waals surface area contributed by atoms with Crippen molar-refractivity contribution in [1.29, 1.82) is 0 Å². The van der Waals surface area contributed by atoms with Gasteiger partial charge in [0.2, 0.25) is 0 Å². The van der Waals surface area contributed by atoms with Crippen molar-refractivity contribution in [2.75, 3.05) is 13.2 Å². The van der Waals surface area contributed by atoms with Crippen LogP contribution in [-0.2, 0) is 28.6 Å². The molecule has 0 bridgehead atoms. The van der Waals surface area contributed by atoms with Crippen molar-refractivity contribution in [2.24, 2.45) is 0 Å². The second-order valence-electron chi connectivity index (χ2n) is 22.3. The van der Waals surface area contributed by atoms with Crippen molar-refractivity contribution in [1.82, 2.24) is 0 Å². The highest BCUT2D eigenvalue weighted by molar-refractivity contribution is 5.71. The zero-order valence-corrected chi connectivity index (χ0v) is 53.9. The highest BCUT2D eigenvalue weighted by Crippen LogP contribution is 2.16. The molecule has 470 valence electrons. The maximum Gasteiger partial charge on any atom is 0.306 e. The molecule has 0 aliphatic heterocycles. The van der Waals surface area contributed by atoms with E-state index in [1.165, 1.54) is 122 Å². The summed E-state index contributed by atoms with van der Waals surface area (Å²) in [6.45, 7) is 6.39. The van der Waals surface area contributed by atoms with Crippen molar-refractivity contribution in [3.8, 4) is 0 Å². The Morgan fingerprint density at radius 1 is 0.253 bits per heavy atom. The van der Waals surface area contributed by atoms with E-state index < -0.39 is 6.10 Å². The lowest BCUT2D eigenvalue weighted by molar-refractivity contribution is -0.167. The van der Waals surface area contributed by atoms with Gasteiger partial charge in [-0.15, -0.1) is 0 Å². The lowest BCUT2D eigenvalue weighted by Gasteiger charge is -2.18. The minimum absolute atomic E-state index is 0.0973. The predicted octanol–water partition coefficient (Wildman–Crippen LogP) is 23.9. The smallest absolute Gasteiger partial charge is 0.306 e. The summed E-state index contributed by atoms with van der Waals surface area (Å²) in [4.78, 5) is 38.5. The molecule has 0 spiro atoms. The predicted molar refractivity (Wildman–Crippen MR) is 362 cm³/mol. The average Bonchev–Trinajstić information content (AvgIpc) is 3.50. The SMILES string of the molecule is CC/C=C\C/C=C\C/C=C\C/C=C\C/C=C\C/C=C\C/C=C\CCCCCC(=O)OCC(COC(=O)CCCCCCCCCCC/C=C\CCCCCCCC)OC(=O)CCCCCCCCCC/C=C\C/C=C\C/C=C\C/C=C\CC. The molecule has 0 aliphatic carbocycles. The van der Waals surface area contributed by atoms with Crippen LogP contribution in [0.25, 0.3) is 0 Å². The first-order chi connectivity index (χ1) is 41.0. The minimum atomic E-state index is -0.806. The second kappa shape index (κ2) is 69.8. The van der Waals surface area contributed by atoms with E-state index in [9.17, 15) is 14.4 Å². The molecule has 0 aromatic carbocycles. The van der Waals surface area contributed by atoms with Crippen molar-refractivity contribution < 1.29 is 28.6 Å². The fraction of sp³-hybridized carbons (Fsp3) is 0.649. The van der Waals surface area contributed by atoms with E-state index in [4.69, 9.17) is 14.2 Å². The molecule has 6 heteroatoms. The molecule has 0 N–H and O–H groups in total. The molecule has 0 aromatic heterocycles. The van der Waals surface area contributed by atoms with Gasteiger partial charge in [-0.2, -0.15) is 0 Å². The van der Waals surface area contributed by atoms with Crippen LogP contribution < -0.4 is 0 Å². The molecule has 0 amide bonds. The standard InChI is InChI=1S/C77H126O6/c1-4-7-10-13-16-19-22-25-28-31-34-36-37-38-39-41-43-46-49-52-55-58-61-64-67-70-76(79)82-73-74(72-81-75(78)69-66-63-60-57-54-51-48-45-42-33-30-27-24-21-18-15-12-9-6-3)83-77(80)71-68-65-62-59-56-53-50-47-44-40-35-32-29-26-23-20-17-14-11-8-5-2/h7-8,10-11,16-17,19-20,25-30,34-36,38-40,43,46,52,55,74H,4-6,9,12-15,18,21-24,31-33,37,41-42,44-45,47-51,53-54,56-73H2,1-3H3/b10-7-,11-8-,19-16-,20-17-,28-25-,29-26-,30-27-,36-34-,39-38-,40-35-,46-43-,55-52-. The molecule has 0 saturated heterocycles. The molecule has 1 unspecified atom stereocenters. The van der Waals surface area contributed by atoms with E-state index in [0.717, 1.165) is 141 Å². The first-order valence-electron chi connectivity index (χ1n) is 34.3. The highest BCUT2D eigenvalue weighted by Gasteiger charge is 2.19. The van der Waals surface area contributed by atoms with E-state index in [1.807, 2.05) is 0 Å². The van der Waals surface area contributed by atoms with E-state index in [1.54, 1.807) is 0 Å². The van der Waals surface area contributed by atoms with Crippen molar-refractivity contribution >= 4 is 17.9 Å². The maximum absolute atomic E-state index is 13.0. The fourth-order valence-corrected chi connectivity index (χ4v) is 9.23. The number of hydrogen-bond acceptors (Lipinski definition) is 6. The molecule has 0 fully saturated rings. The van der Waals surface area contributed by atoms with Crippen molar-refractivity contribution in [2.45, 2.75) is 309 Å². The Morgan fingerprint density at radius 3 is 0.759 bits per heavy atom. The largest absolute Gasteiger partial charge is 0.462 e. The fourth-order valence-electron chi connectivity index (χ4n) is 9.23. The maximum atomic E-state index is 13.0. The Hall–Kier alpha value is -4.71. The third kappa shape index (κ3) is 68.0. The van der Waals surface area contributed by atoms with Gasteiger partial charge in [0, 0.05) is 19.3 Å². The molecular formula is C77H126O6. The van der Waals surface area contributed by atoms with Gasteiger partial charge in [-0.3, -0.25) is 14.4 Å². The van der Waals surface area contributed by atoms with Gasteiger partial charge in [0.1, 0.15) is 13.2 Å². The molecule has 0 heterocycles. The third-order valence-corrected chi connectivity index (χ3v) is 14.3.